The zero-order valence-electron chi connectivity index (χ0n) is 21.2. The van der Waals surface area contributed by atoms with Crippen molar-refractivity contribution in [2.24, 2.45) is 0 Å². The Morgan fingerprint density at radius 3 is 2.37 bits per heavy atom. The zero-order chi connectivity index (χ0) is 30.0. The largest absolute Gasteiger partial charge is 0.495 e. The van der Waals surface area contributed by atoms with Crippen LogP contribution in [0.15, 0.2) is 70.5 Å². The molecule has 2 N–H and O–H groups in total. The zero-order valence-corrected chi connectivity index (χ0v) is 23.6. The summed E-state index contributed by atoms with van der Waals surface area (Å²) in [5, 5.41) is 2.26. The first kappa shape index (κ1) is 30.6. The van der Waals surface area contributed by atoms with Gasteiger partial charge in [-0.3, -0.25) is 9.52 Å². The van der Waals surface area contributed by atoms with Crippen molar-refractivity contribution >= 4 is 48.9 Å². The van der Waals surface area contributed by atoms with Crippen molar-refractivity contribution in [3.05, 3.63) is 76.8 Å². The molecule has 0 atom stereocenters. The van der Waals surface area contributed by atoms with Gasteiger partial charge in [0.15, 0.2) is 0 Å². The molecule has 3 aromatic rings. The third kappa shape index (κ3) is 6.93. The maximum atomic E-state index is 13.2. The van der Waals surface area contributed by atoms with Gasteiger partial charge in [-0.15, -0.1) is 0 Å². The standard InChI is InChI=1S/C25H23ClF3N3O7S2/c1-38-22-8-6-18(15-23(22)41(36,37)32-9-11-39-12-10-32)30-24(33)16-3-2-4-19(13-16)40(34,35)31-21-14-17(25(27,28)29)5-7-20(21)26/h2-8,13-15,31H,9-12H2,1H3,(H,30,33). The number of anilines is 2. The fourth-order valence-corrected chi connectivity index (χ4v) is 6.80. The minimum absolute atomic E-state index is 0.0573. The summed E-state index contributed by atoms with van der Waals surface area (Å²) in [5.74, 6) is -0.721. The Morgan fingerprint density at radius 1 is 1.00 bits per heavy atom. The van der Waals surface area contributed by atoms with E-state index in [1.165, 1.54) is 41.7 Å². The molecule has 1 fully saturated rings. The van der Waals surface area contributed by atoms with E-state index < -0.39 is 48.3 Å². The van der Waals surface area contributed by atoms with E-state index in [1.807, 2.05) is 4.72 Å². The molecular formula is C25H23ClF3N3O7S2. The lowest BCUT2D eigenvalue weighted by atomic mass is 10.2. The maximum absolute atomic E-state index is 13.2. The van der Waals surface area contributed by atoms with Crippen LogP contribution in [-0.4, -0.2) is 60.5 Å². The van der Waals surface area contributed by atoms with Gasteiger partial charge >= 0.3 is 6.18 Å². The van der Waals surface area contributed by atoms with E-state index in [4.69, 9.17) is 21.1 Å². The van der Waals surface area contributed by atoms with Crippen LogP contribution in [0.2, 0.25) is 5.02 Å². The molecule has 0 radical (unpaired) electrons. The van der Waals surface area contributed by atoms with Gasteiger partial charge in [0.25, 0.3) is 15.9 Å². The topological polar surface area (TPSA) is 131 Å². The molecule has 0 bridgehead atoms. The SMILES string of the molecule is COc1ccc(NC(=O)c2cccc(S(=O)(=O)Nc3cc(C(F)(F)F)ccc3Cl)c2)cc1S(=O)(=O)N1CCOCC1. The number of halogens is 4. The predicted octanol–water partition coefficient (Wildman–Crippen LogP) is 4.44. The lowest BCUT2D eigenvalue weighted by molar-refractivity contribution is -0.137. The number of hydrogen-bond donors (Lipinski definition) is 2. The van der Waals surface area contributed by atoms with Crippen molar-refractivity contribution in [2.45, 2.75) is 16.0 Å². The number of alkyl halides is 3. The van der Waals surface area contributed by atoms with Crippen molar-refractivity contribution in [2.75, 3.05) is 43.5 Å². The monoisotopic (exact) mass is 633 g/mol. The van der Waals surface area contributed by atoms with Gasteiger partial charge in [-0.25, -0.2) is 16.8 Å². The number of hydrogen-bond acceptors (Lipinski definition) is 7. The third-order valence-electron chi connectivity index (χ3n) is 5.95. The molecule has 1 aliphatic rings. The number of rotatable bonds is 8. The Kier molecular flexibility index (Phi) is 8.84. The second-order valence-electron chi connectivity index (χ2n) is 8.66. The number of sulfonamides is 2. The number of ether oxygens (including phenoxy) is 2. The summed E-state index contributed by atoms with van der Waals surface area (Å²) in [7, 11) is -7.16. The molecule has 0 aliphatic carbocycles. The van der Waals surface area contributed by atoms with E-state index in [2.05, 4.69) is 5.32 Å². The summed E-state index contributed by atoms with van der Waals surface area (Å²) >= 11 is 5.91. The van der Waals surface area contributed by atoms with E-state index in [9.17, 15) is 34.8 Å². The van der Waals surface area contributed by atoms with Crippen molar-refractivity contribution < 1.29 is 44.3 Å². The first-order chi connectivity index (χ1) is 19.2. The molecule has 4 rings (SSSR count). The van der Waals surface area contributed by atoms with Gasteiger partial charge < -0.3 is 14.8 Å². The van der Waals surface area contributed by atoms with Crippen LogP contribution >= 0.6 is 11.6 Å². The average molecular weight is 634 g/mol. The number of amides is 1. The van der Waals surface area contributed by atoms with Crippen molar-refractivity contribution in [3.8, 4) is 5.75 Å². The number of nitrogens with zero attached hydrogens (tertiary/aromatic N) is 1. The third-order valence-corrected chi connectivity index (χ3v) is 9.57. The van der Waals surface area contributed by atoms with Gasteiger partial charge in [0.05, 0.1) is 41.5 Å². The van der Waals surface area contributed by atoms with E-state index >= 15 is 0 Å². The molecule has 3 aromatic carbocycles. The molecule has 0 saturated carbocycles. The van der Waals surface area contributed by atoms with Gasteiger partial charge in [-0.05, 0) is 54.6 Å². The molecule has 1 amide bonds. The second kappa shape index (κ2) is 11.9. The van der Waals surface area contributed by atoms with Crippen molar-refractivity contribution in [1.29, 1.82) is 0 Å². The molecule has 1 saturated heterocycles. The molecule has 1 aliphatic heterocycles. The number of carbonyl (C=O) groups is 1. The highest BCUT2D eigenvalue weighted by molar-refractivity contribution is 7.92. The summed E-state index contributed by atoms with van der Waals surface area (Å²) in [4.78, 5) is 12.4. The average Bonchev–Trinajstić information content (AvgIpc) is 2.94. The van der Waals surface area contributed by atoms with Crippen LogP contribution in [-0.2, 0) is 31.0 Å². The molecule has 1 heterocycles. The van der Waals surface area contributed by atoms with Crippen LogP contribution in [0.25, 0.3) is 0 Å². The quantitative estimate of drug-likeness (QED) is 0.375. The van der Waals surface area contributed by atoms with Crippen LogP contribution in [0.4, 0.5) is 24.5 Å². The smallest absolute Gasteiger partial charge is 0.416 e. The van der Waals surface area contributed by atoms with Gasteiger partial charge in [0.2, 0.25) is 10.0 Å². The Hall–Kier alpha value is -3.37. The van der Waals surface area contributed by atoms with Crippen LogP contribution in [0.5, 0.6) is 5.75 Å². The minimum atomic E-state index is -4.73. The van der Waals surface area contributed by atoms with E-state index in [0.717, 1.165) is 18.2 Å². The highest BCUT2D eigenvalue weighted by Gasteiger charge is 2.32. The number of benzene rings is 3. The van der Waals surface area contributed by atoms with Crippen LogP contribution in [0.3, 0.4) is 0 Å². The maximum Gasteiger partial charge on any atom is 0.416 e. The highest BCUT2D eigenvalue weighted by Crippen LogP contribution is 2.35. The molecule has 0 aromatic heterocycles. The molecule has 41 heavy (non-hydrogen) atoms. The van der Waals surface area contributed by atoms with Gasteiger partial charge in [0.1, 0.15) is 10.6 Å². The number of nitrogens with one attached hydrogen (secondary N) is 2. The van der Waals surface area contributed by atoms with Crippen LogP contribution in [0.1, 0.15) is 15.9 Å². The van der Waals surface area contributed by atoms with Crippen LogP contribution < -0.4 is 14.8 Å². The van der Waals surface area contributed by atoms with Gasteiger partial charge in [-0.1, -0.05) is 17.7 Å². The summed E-state index contributed by atoms with van der Waals surface area (Å²) in [6.07, 6.45) is -4.73. The number of methoxy groups -OCH3 is 1. The summed E-state index contributed by atoms with van der Waals surface area (Å²) in [5.41, 5.74) is -1.65. The van der Waals surface area contributed by atoms with E-state index in [-0.39, 0.29) is 53.2 Å². The lowest BCUT2D eigenvalue weighted by Gasteiger charge is -2.26. The molecule has 10 nitrogen and oxygen atoms in total. The molecule has 220 valence electrons. The molecule has 0 unspecified atom stereocenters. The second-order valence-corrected chi connectivity index (χ2v) is 12.7. The van der Waals surface area contributed by atoms with Crippen molar-refractivity contribution in [1.82, 2.24) is 4.31 Å². The summed E-state index contributed by atoms with van der Waals surface area (Å²) < 4.78 is 105. The molecular weight excluding hydrogens is 611 g/mol. The first-order valence-corrected chi connectivity index (χ1v) is 15.1. The van der Waals surface area contributed by atoms with Gasteiger partial charge in [-0.2, -0.15) is 17.5 Å². The number of carbonyl (C=O) groups excluding carboxylic acids is 1. The first-order valence-electron chi connectivity index (χ1n) is 11.8. The van der Waals surface area contributed by atoms with E-state index in [0.29, 0.717) is 12.1 Å². The fourth-order valence-electron chi connectivity index (χ4n) is 3.87. The minimum Gasteiger partial charge on any atom is -0.495 e. The Bertz CT molecular complexity index is 1680. The summed E-state index contributed by atoms with van der Waals surface area (Å²) in [6.45, 7) is 0.740. The Labute approximate surface area is 239 Å². The fraction of sp³-hybridized carbons (Fsp3) is 0.240. The summed E-state index contributed by atoms with van der Waals surface area (Å²) in [6, 6.07) is 10.9. The highest BCUT2D eigenvalue weighted by atomic mass is 35.5. The van der Waals surface area contributed by atoms with Gasteiger partial charge in [0, 0.05) is 24.3 Å². The van der Waals surface area contributed by atoms with Crippen LogP contribution in [0, 0.1) is 0 Å². The Balaban J connectivity index is 1.58. The lowest BCUT2D eigenvalue weighted by Crippen LogP contribution is -2.40. The normalized spacial score (nSPS) is 14.9. The Morgan fingerprint density at radius 2 is 1.71 bits per heavy atom. The molecule has 16 heteroatoms. The molecule has 0 spiro atoms. The van der Waals surface area contributed by atoms with E-state index in [1.54, 1.807) is 0 Å². The predicted molar refractivity (Wildman–Crippen MR) is 144 cm³/mol. The number of morpholine rings is 1. The van der Waals surface area contributed by atoms with Crippen molar-refractivity contribution in [3.63, 3.8) is 0 Å².